The minimum absolute atomic E-state index is 0.0448. The highest BCUT2D eigenvalue weighted by Crippen LogP contribution is 2.33. The first-order chi connectivity index (χ1) is 25.5. The van der Waals surface area contributed by atoms with Crippen LogP contribution in [0.15, 0.2) is 0 Å². The zero-order valence-electron chi connectivity index (χ0n) is 37.5. The SMILES string of the molecule is CCCCCCCCOC(=O)CCN(CCCCCCN(CCC(=O)OCCCCCCCC)C1CC(C)(C)NC(C)(C)C1)C1CC(C)(C)NC(C)(C)C1. The molecule has 0 amide bonds. The van der Waals surface area contributed by atoms with E-state index in [1.165, 1.54) is 64.2 Å². The molecule has 2 saturated heterocycles. The Bertz CT molecular complexity index is 916. The third-order valence-corrected chi connectivity index (χ3v) is 11.7. The smallest absolute Gasteiger partial charge is 0.307 e. The maximum Gasteiger partial charge on any atom is 0.307 e. The van der Waals surface area contributed by atoms with E-state index in [1.54, 1.807) is 0 Å². The fourth-order valence-corrected chi connectivity index (χ4v) is 9.74. The third kappa shape index (κ3) is 21.9. The molecule has 0 aromatic carbocycles. The zero-order valence-corrected chi connectivity index (χ0v) is 37.5. The van der Waals surface area contributed by atoms with Gasteiger partial charge in [0.05, 0.1) is 26.1 Å². The van der Waals surface area contributed by atoms with Gasteiger partial charge in [-0.3, -0.25) is 19.4 Å². The van der Waals surface area contributed by atoms with Crippen molar-refractivity contribution in [3.05, 3.63) is 0 Å². The Morgan fingerprint density at radius 1 is 0.463 bits per heavy atom. The molecule has 8 heteroatoms. The summed E-state index contributed by atoms with van der Waals surface area (Å²) in [7, 11) is 0. The number of piperidine rings is 2. The summed E-state index contributed by atoms with van der Waals surface area (Å²) in [5.74, 6) is -0.0895. The number of esters is 2. The molecule has 2 N–H and O–H groups in total. The Morgan fingerprint density at radius 2 is 0.759 bits per heavy atom. The summed E-state index contributed by atoms with van der Waals surface area (Å²) < 4.78 is 11.4. The number of ether oxygens (including phenoxy) is 2. The predicted molar refractivity (Wildman–Crippen MR) is 228 cm³/mol. The van der Waals surface area contributed by atoms with E-state index in [0.29, 0.717) is 38.1 Å². The van der Waals surface area contributed by atoms with Crippen LogP contribution >= 0.6 is 0 Å². The number of nitrogens with one attached hydrogen (secondary N) is 2. The molecule has 8 nitrogen and oxygen atoms in total. The summed E-state index contributed by atoms with van der Waals surface area (Å²) in [5, 5.41) is 7.70. The Balaban J connectivity index is 1.90. The summed E-state index contributed by atoms with van der Waals surface area (Å²) in [5.41, 5.74) is 0.241. The standard InChI is InChI=1S/C46H90N4O4/c1-11-13-15-17-21-25-33-53-41(51)27-31-49(39-35-43(3,4)47-44(5,6)36-39)29-23-19-20-24-30-50(40-37-45(7,8)48-46(9,10)38-40)32-28-42(52)54-34-26-22-18-16-14-12-2/h39-40,47-48H,11-38H2,1-10H3. The van der Waals surface area contributed by atoms with Crippen molar-refractivity contribution in [3.8, 4) is 0 Å². The minimum Gasteiger partial charge on any atom is -0.466 e. The predicted octanol–water partition coefficient (Wildman–Crippen LogP) is 10.4. The number of hydrogen-bond donors (Lipinski definition) is 2. The van der Waals surface area contributed by atoms with Crippen LogP contribution in [-0.2, 0) is 19.1 Å². The summed E-state index contributed by atoms with van der Waals surface area (Å²) in [4.78, 5) is 30.9. The number of carbonyl (C=O) groups is 2. The van der Waals surface area contributed by atoms with Crippen LogP contribution in [0.25, 0.3) is 0 Å². The van der Waals surface area contributed by atoms with Gasteiger partial charge < -0.3 is 20.1 Å². The molecule has 54 heavy (non-hydrogen) atoms. The van der Waals surface area contributed by atoms with Crippen molar-refractivity contribution in [1.82, 2.24) is 20.4 Å². The molecule has 0 atom stereocenters. The number of carbonyl (C=O) groups excluding carboxylic acids is 2. The molecule has 2 heterocycles. The molecule has 0 unspecified atom stereocenters. The molecule has 0 aromatic heterocycles. The maximum atomic E-state index is 12.8. The van der Waals surface area contributed by atoms with Crippen molar-refractivity contribution in [3.63, 3.8) is 0 Å². The lowest BCUT2D eigenvalue weighted by atomic mass is 9.79. The second-order valence-electron chi connectivity index (χ2n) is 19.9. The van der Waals surface area contributed by atoms with E-state index in [0.717, 1.165) is 90.4 Å². The van der Waals surface area contributed by atoms with Crippen molar-refractivity contribution >= 4 is 11.9 Å². The fourth-order valence-electron chi connectivity index (χ4n) is 9.74. The lowest BCUT2D eigenvalue weighted by molar-refractivity contribution is -0.145. The molecule has 0 radical (unpaired) electrons. The number of unbranched alkanes of at least 4 members (excludes halogenated alkanes) is 13. The summed E-state index contributed by atoms with van der Waals surface area (Å²) in [6.45, 7) is 27.7. The van der Waals surface area contributed by atoms with Crippen LogP contribution in [-0.4, -0.2) is 95.4 Å². The van der Waals surface area contributed by atoms with Crippen LogP contribution in [0.4, 0.5) is 0 Å². The molecule has 0 aromatic rings. The van der Waals surface area contributed by atoms with E-state index in [2.05, 4.69) is 89.7 Å². The minimum atomic E-state index is -0.0448. The first-order valence-electron chi connectivity index (χ1n) is 22.8. The van der Waals surface area contributed by atoms with Gasteiger partial charge in [0.15, 0.2) is 0 Å². The van der Waals surface area contributed by atoms with Gasteiger partial charge >= 0.3 is 11.9 Å². The van der Waals surface area contributed by atoms with Gasteiger partial charge in [-0.05, 0) is 120 Å². The highest BCUT2D eigenvalue weighted by atomic mass is 16.5. The van der Waals surface area contributed by atoms with Gasteiger partial charge in [0.2, 0.25) is 0 Å². The summed E-state index contributed by atoms with van der Waals surface area (Å²) in [6.07, 6.45) is 24.3. The van der Waals surface area contributed by atoms with E-state index >= 15 is 0 Å². The Hall–Kier alpha value is -1.22. The van der Waals surface area contributed by atoms with Crippen molar-refractivity contribution < 1.29 is 19.1 Å². The second-order valence-corrected chi connectivity index (χ2v) is 19.9. The molecule has 0 bridgehead atoms. The van der Waals surface area contributed by atoms with Crippen molar-refractivity contribution in [2.75, 3.05) is 39.4 Å². The topological polar surface area (TPSA) is 83.1 Å². The largest absolute Gasteiger partial charge is 0.466 e. The Labute approximate surface area is 334 Å². The number of nitrogens with zero attached hydrogens (tertiary/aromatic N) is 2. The normalized spacial score (nSPS) is 19.7. The van der Waals surface area contributed by atoms with Gasteiger partial charge in [-0.15, -0.1) is 0 Å². The van der Waals surface area contributed by atoms with Crippen LogP contribution in [0, 0.1) is 0 Å². The van der Waals surface area contributed by atoms with Gasteiger partial charge in [-0.1, -0.05) is 90.9 Å². The molecular formula is C46H90N4O4. The van der Waals surface area contributed by atoms with Crippen molar-refractivity contribution in [2.45, 2.75) is 245 Å². The van der Waals surface area contributed by atoms with E-state index in [-0.39, 0.29) is 34.1 Å². The van der Waals surface area contributed by atoms with Gasteiger partial charge in [0, 0.05) is 47.3 Å². The maximum absolute atomic E-state index is 12.8. The van der Waals surface area contributed by atoms with Gasteiger partial charge in [-0.25, -0.2) is 0 Å². The van der Waals surface area contributed by atoms with Gasteiger partial charge in [0.1, 0.15) is 0 Å². The van der Waals surface area contributed by atoms with Gasteiger partial charge in [-0.2, -0.15) is 0 Å². The lowest BCUT2D eigenvalue weighted by Gasteiger charge is -2.50. The van der Waals surface area contributed by atoms with Gasteiger partial charge in [0.25, 0.3) is 0 Å². The fraction of sp³-hybridized carbons (Fsp3) is 0.957. The number of rotatable bonds is 29. The van der Waals surface area contributed by atoms with E-state index < -0.39 is 0 Å². The van der Waals surface area contributed by atoms with Crippen LogP contribution in [0.5, 0.6) is 0 Å². The van der Waals surface area contributed by atoms with E-state index in [1.807, 2.05) is 0 Å². The average Bonchev–Trinajstić information content (AvgIpc) is 3.05. The highest BCUT2D eigenvalue weighted by molar-refractivity contribution is 5.69. The molecule has 0 aliphatic carbocycles. The first-order valence-corrected chi connectivity index (χ1v) is 22.8. The van der Waals surface area contributed by atoms with Crippen LogP contribution < -0.4 is 10.6 Å². The van der Waals surface area contributed by atoms with Crippen LogP contribution in [0.2, 0.25) is 0 Å². The van der Waals surface area contributed by atoms with E-state index in [9.17, 15) is 9.59 Å². The molecule has 318 valence electrons. The molecule has 2 aliphatic heterocycles. The third-order valence-electron chi connectivity index (χ3n) is 11.7. The molecule has 2 aliphatic rings. The Morgan fingerprint density at radius 3 is 1.09 bits per heavy atom. The van der Waals surface area contributed by atoms with Crippen LogP contribution in [0.3, 0.4) is 0 Å². The summed E-state index contributed by atoms with van der Waals surface area (Å²) in [6, 6.07) is 0.899. The average molecular weight is 763 g/mol. The molecule has 0 saturated carbocycles. The molecule has 2 rings (SSSR count). The molecule has 0 spiro atoms. The monoisotopic (exact) mass is 763 g/mol. The number of hydrogen-bond acceptors (Lipinski definition) is 8. The van der Waals surface area contributed by atoms with Crippen molar-refractivity contribution in [1.29, 1.82) is 0 Å². The van der Waals surface area contributed by atoms with Crippen LogP contribution in [0.1, 0.15) is 210 Å². The quantitative estimate of drug-likeness (QED) is 0.0576. The molecule has 2 fully saturated rings. The zero-order chi connectivity index (χ0) is 40.1. The van der Waals surface area contributed by atoms with Crippen molar-refractivity contribution in [2.24, 2.45) is 0 Å². The highest BCUT2D eigenvalue weighted by Gasteiger charge is 2.41. The second kappa shape index (κ2) is 25.2. The summed E-state index contributed by atoms with van der Waals surface area (Å²) >= 11 is 0. The Kier molecular flexibility index (Phi) is 22.8. The molecular weight excluding hydrogens is 673 g/mol. The van der Waals surface area contributed by atoms with E-state index in [4.69, 9.17) is 9.47 Å². The first kappa shape index (κ1) is 48.9. The lowest BCUT2D eigenvalue weighted by Crippen LogP contribution is -2.62.